The molecule has 28 heavy (non-hydrogen) atoms. The van der Waals surface area contributed by atoms with Crippen molar-refractivity contribution in [3.63, 3.8) is 0 Å². The third-order valence-corrected chi connectivity index (χ3v) is 5.01. The number of hydrogen-bond acceptors (Lipinski definition) is 5. The summed E-state index contributed by atoms with van der Waals surface area (Å²) < 4.78 is 7.61. The van der Waals surface area contributed by atoms with E-state index in [1.165, 1.54) is 0 Å². The first kappa shape index (κ1) is 22.2. The molecule has 1 aromatic carbocycles. The van der Waals surface area contributed by atoms with E-state index < -0.39 is 0 Å². The summed E-state index contributed by atoms with van der Waals surface area (Å²) in [4.78, 5) is 12.7. The van der Waals surface area contributed by atoms with Gasteiger partial charge in [0.15, 0.2) is 5.69 Å². The van der Waals surface area contributed by atoms with Gasteiger partial charge in [0.1, 0.15) is 5.75 Å². The van der Waals surface area contributed by atoms with Crippen LogP contribution in [-0.2, 0) is 0 Å². The zero-order valence-corrected chi connectivity index (χ0v) is 17.6. The minimum atomic E-state index is -0.226. The van der Waals surface area contributed by atoms with Crippen molar-refractivity contribution in [3.05, 3.63) is 35.2 Å². The van der Waals surface area contributed by atoms with E-state index in [0.717, 1.165) is 61.5 Å². The van der Waals surface area contributed by atoms with Gasteiger partial charge in [0.2, 0.25) is 0 Å². The average Bonchev–Trinajstić information content (AvgIpc) is 3.06. The number of carbonyl (C=O) groups is 1. The number of rotatable bonds is 7. The SMILES string of the molecule is CCCCOc1ccc(NC(=O)c2nnn(C3CCNCC3)c2C)c(C)c1.Cl. The number of anilines is 1. The standard InChI is InChI=1S/C20H29N5O2.ClH/c1-4-5-12-27-17-6-7-18(14(2)13-17)22-20(26)19-15(3)25(24-23-19)16-8-10-21-11-9-16;/h6-7,13,16,21H,4-5,8-12H2,1-3H3,(H,22,26);1H. The van der Waals surface area contributed by atoms with Crippen LogP contribution in [0.5, 0.6) is 5.75 Å². The molecule has 3 rings (SSSR count). The van der Waals surface area contributed by atoms with Crippen LogP contribution in [0, 0.1) is 13.8 Å². The Kier molecular flexibility index (Phi) is 8.26. The van der Waals surface area contributed by atoms with E-state index in [2.05, 4.69) is 27.9 Å². The lowest BCUT2D eigenvalue weighted by Gasteiger charge is -2.23. The molecule has 7 nitrogen and oxygen atoms in total. The molecule has 2 heterocycles. The number of piperidine rings is 1. The second-order valence-electron chi connectivity index (χ2n) is 7.08. The third-order valence-electron chi connectivity index (χ3n) is 5.01. The number of hydrogen-bond donors (Lipinski definition) is 2. The van der Waals surface area contributed by atoms with Crippen LogP contribution >= 0.6 is 12.4 Å². The van der Waals surface area contributed by atoms with E-state index >= 15 is 0 Å². The maximum absolute atomic E-state index is 12.7. The van der Waals surface area contributed by atoms with Crippen LogP contribution in [0.2, 0.25) is 0 Å². The molecule has 8 heteroatoms. The molecule has 1 aliphatic heterocycles. The van der Waals surface area contributed by atoms with Crippen molar-refractivity contribution < 1.29 is 9.53 Å². The number of benzene rings is 1. The molecule has 1 aromatic heterocycles. The van der Waals surface area contributed by atoms with E-state index in [1.54, 1.807) is 0 Å². The van der Waals surface area contributed by atoms with E-state index in [4.69, 9.17) is 4.74 Å². The number of nitrogens with one attached hydrogen (secondary N) is 2. The molecule has 154 valence electrons. The van der Waals surface area contributed by atoms with Gasteiger partial charge in [-0.15, -0.1) is 17.5 Å². The summed E-state index contributed by atoms with van der Waals surface area (Å²) in [5.74, 6) is 0.599. The lowest BCUT2D eigenvalue weighted by Crippen LogP contribution is -2.30. The lowest BCUT2D eigenvalue weighted by molar-refractivity contribution is 0.102. The van der Waals surface area contributed by atoms with E-state index in [9.17, 15) is 4.79 Å². The highest BCUT2D eigenvalue weighted by Gasteiger charge is 2.23. The maximum Gasteiger partial charge on any atom is 0.278 e. The van der Waals surface area contributed by atoms with Gasteiger partial charge < -0.3 is 15.4 Å². The van der Waals surface area contributed by atoms with E-state index in [0.29, 0.717) is 18.3 Å². The van der Waals surface area contributed by atoms with E-state index in [-0.39, 0.29) is 18.3 Å². The second-order valence-corrected chi connectivity index (χ2v) is 7.08. The highest BCUT2D eigenvalue weighted by atomic mass is 35.5. The van der Waals surface area contributed by atoms with Crippen LogP contribution in [0.3, 0.4) is 0 Å². The number of carbonyl (C=O) groups excluding carboxylic acids is 1. The predicted molar refractivity (Wildman–Crippen MR) is 113 cm³/mol. The summed E-state index contributed by atoms with van der Waals surface area (Å²) in [5, 5.41) is 14.7. The average molecular weight is 408 g/mol. The van der Waals surface area contributed by atoms with Crippen LogP contribution < -0.4 is 15.4 Å². The second kappa shape index (κ2) is 10.4. The molecule has 0 aliphatic carbocycles. The Hall–Kier alpha value is -2.12. The first-order valence-corrected chi connectivity index (χ1v) is 9.77. The Morgan fingerprint density at radius 2 is 2.07 bits per heavy atom. The molecular formula is C20H30ClN5O2. The number of unbranched alkanes of at least 4 members (excludes halogenated alkanes) is 1. The van der Waals surface area contributed by atoms with Crippen LogP contribution in [0.15, 0.2) is 18.2 Å². The zero-order chi connectivity index (χ0) is 19.2. The number of aromatic nitrogens is 3. The zero-order valence-electron chi connectivity index (χ0n) is 16.8. The summed E-state index contributed by atoms with van der Waals surface area (Å²) in [6.07, 6.45) is 4.14. The molecule has 0 atom stereocenters. The van der Waals surface area contributed by atoms with E-state index in [1.807, 2.05) is 36.7 Å². The monoisotopic (exact) mass is 407 g/mol. The van der Waals surface area contributed by atoms with Gasteiger partial charge in [0, 0.05) is 5.69 Å². The summed E-state index contributed by atoms with van der Waals surface area (Å²) in [7, 11) is 0. The molecule has 0 saturated carbocycles. The summed E-state index contributed by atoms with van der Waals surface area (Å²) in [5.41, 5.74) is 2.92. The maximum atomic E-state index is 12.7. The van der Waals surface area contributed by atoms with Gasteiger partial charge >= 0.3 is 0 Å². The van der Waals surface area contributed by atoms with Crippen molar-refractivity contribution >= 4 is 24.0 Å². The highest BCUT2D eigenvalue weighted by Crippen LogP contribution is 2.24. The number of amides is 1. The van der Waals surface area contributed by atoms with Crippen LogP contribution in [-0.4, -0.2) is 40.6 Å². The molecule has 0 radical (unpaired) electrons. The van der Waals surface area contributed by atoms with Crippen molar-refractivity contribution in [1.29, 1.82) is 0 Å². The number of nitrogens with zero attached hydrogens (tertiary/aromatic N) is 3. The fraction of sp³-hybridized carbons (Fsp3) is 0.550. The normalized spacial score (nSPS) is 14.4. The molecule has 2 aromatic rings. The molecule has 0 spiro atoms. The molecular weight excluding hydrogens is 378 g/mol. The number of ether oxygens (including phenoxy) is 1. The smallest absolute Gasteiger partial charge is 0.278 e. The van der Waals surface area contributed by atoms with Crippen LogP contribution in [0.1, 0.15) is 60.4 Å². The quantitative estimate of drug-likeness (QED) is 0.684. The van der Waals surface area contributed by atoms with Gasteiger partial charge in [0.05, 0.1) is 18.3 Å². The largest absolute Gasteiger partial charge is 0.494 e. The van der Waals surface area contributed by atoms with Gasteiger partial charge in [-0.2, -0.15) is 0 Å². The fourth-order valence-electron chi connectivity index (χ4n) is 3.33. The van der Waals surface area contributed by atoms with Gasteiger partial charge in [-0.3, -0.25) is 4.79 Å². The number of halogens is 1. The van der Waals surface area contributed by atoms with Gasteiger partial charge in [0.25, 0.3) is 5.91 Å². The first-order valence-electron chi connectivity index (χ1n) is 9.77. The van der Waals surface area contributed by atoms with Gasteiger partial charge in [-0.05, 0) is 70.0 Å². The molecule has 1 saturated heterocycles. The Bertz CT molecular complexity index is 787. The fourth-order valence-corrected chi connectivity index (χ4v) is 3.33. The van der Waals surface area contributed by atoms with Crippen molar-refractivity contribution in [1.82, 2.24) is 20.3 Å². The Morgan fingerprint density at radius 1 is 1.32 bits per heavy atom. The molecule has 1 amide bonds. The molecule has 1 aliphatic rings. The molecule has 0 unspecified atom stereocenters. The van der Waals surface area contributed by atoms with Gasteiger partial charge in [-0.25, -0.2) is 4.68 Å². The topological polar surface area (TPSA) is 81.1 Å². The summed E-state index contributed by atoms with van der Waals surface area (Å²) >= 11 is 0. The van der Waals surface area contributed by atoms with Crippen LogP contribution in [0.25, 0.3) is 0 Å². The highest BCUT2D eigenvalue weighted by molar-refractivity contribution is 6.03. The Morgan fingerprint density at radius 3 is 2.75 bits per heavy atom. The first-order chi connectivity index (χ1) is 13.1. The minimum absolute atomic E-state index is 0. The third kappa shape index (κ3) is 5.23. The molecule has 0 bridgehead atoms. The van der Waals surface area contributed by atoms with Crippen molar-refractivity contribution in [2.24, 2.45) is 0 Å². The summed E-state index contributed by atoms with van der Waals surface area (Å²) in [6.45, 7) is 8.65. The van der Waals surface area contributed by atoms with Gasteiger partial charge in [-0.1, -0.05) is 18.6 Å². The van der Waals surface area contributed by atoms with Crippen molar-refractivity contribution in [2.75, 3.05) is 25.0 Å². The van der Waals surface area contributed by atoms with Crippen molar-refractivity contribution in [2.45, 2.75) is 52.5 Å². The predicted octanol–water partition coefficient (Wildman–Crippen LogP) is 3.67. The molecule has 1 fully saturated rings. The van der Waals surface area contributed by atoms with Crippen molar-refractivity contribution in [3.8, 4) is 5.75 Å². The Balaban J connectivity index is 0.00000280. The van der Waals surface area contributed by atoms with Crippen LogP contribution in [0.4, 0.5) is 5.69 Å². The number of aryl methyl sites for hydroxylation is 1. The Labute approximate surface area is 172 Å². The summed E-state index contributed by atoms with van der Waals surface area (Å²) in [6, 6.07) is 6.02. The minimum Gasteiger partial charge on any atom is -0.494 e. The lowest BCUT2D eigenvalue weighted by atomic mass is 10.1. The molecule has 2 N–H and O–H groups in total.